The molecule has 0 atom stereocenters. The van der Waals surface area contributed by atoms with Gasteiger partial charge in [-0.1, -0.05) is 35.5 Å². The number of carboxylic acids is 1. The quantitative estimate of drug-likeness (QED) is 0.910. The normalized spacial score (nSPS) is 10.3. The highest BCUT2D eigenvalue weighted by atomic mass is 35.5. The third-order valence-corrected chi connectivity index (χ3v) is 3.57. The Morgan fingerprint density at radius 1 is 1.17 bits per heavy atom. The number of halogens is 2. The van der Waals surface area contributed by atoms with Gasteiger partial charge < -0.3 is 5.11 Å². The smallest absolute Gasteiger partial charge is 0.336 e. The van der Waals surface area contributed by atoms with E-state index in [4.69, 9.17) is 16.7 Å². The van der Waals surface area contributed by atoms with Gasteiger partial charge in [-0.3, -0.25) is 0 Å². The molecule has 0 unspecified atom stereocenters. The predicted molar refractivity (Wildman–Crippen MR) is 68.9 cm³/mol. The molecule has 1 N–H and O–H groups in total. The second kappa shape index (κ2) is 5.42. The van der Waals surface area contributed by atoms with E-state index in [1.807, 2.05) is 0 Å². The minimum atomic E-state index is -1.06. The summed E-state index contributed by atoms with van der Waals surface area (Å²) in [6.45, 7) is 0. The van der Waals surface area contributed by atoms with Gasteiger partial charge >= 0.3 is 5.97 Å². The molecule has 0 aliphatic rings. The van der Waals surface area contributed by atoms with E-state index >= 15 is 0 Å². The van der Waals surface area contributed by atoms with Crippen LogP contribution in [0.1, 0.15) is 10.4 Å². The zero-order valence-electron chi connectivity index (χ0n) is 9.06. The summed E-state index contributed by atoms with van der Waals surface area (Å²) in [6, 6.07) is 10.6. The predicted octanol–water partition coefficient (Wildman–Crippen LogP) is 4.33. The molecule has 0 heterocycles. The largest absolute Gasteiger partial charge is 0.478 e. The molecule has 2 nitrogen and oxygen atoms in total. The number of carboxylic acid groups (broad SMARTS) is 1. The molecule has 0 aliphatic heterocycles. The van der Waals surface area contributed by atoms with Crippen molar-refractivity contribution < 1.29 is 14.3 Å². The number of carbonyl (C=O) groups is 1. The first-order chi connectivity index (χ1) is 8.58. The van der Waals surface area contributed by atoms with Crippen LogP contribution in [0.3, 0.4) is 0 Å². The van der Waals surface area contributed by atoms with E-state index in [2.05, 4.69) is 0 Å². The second-order valence-corrected chi connectivity index (χ2v) is 5.00. The summed E-state index contributed by atoms with van der Waals surface area (Å²) in [5, 5.41) is 9.47. The molecular formula is C13H8ClFO2S. The number of hydrogen-bond donors (Lipinski definition) is 1. The SMILES string of the molecule is O=C(O)c1ccc(Cl)cc1Sc1ccccc1F. The minimum absolute atomic E-state index is 0.104. The lowest BCUT2D eigenvalue weighted by molar-refractivity contribution is 0.0693. The van der Waals surface area contributed by atoms with Crippen molar-refractivity contribution in [3.63, 3.8) is 0 Å². The molecule has 0 saturated carbocycles. The third-order valence-electron chi connectivity index (χ3n) is 2.23. The summed E-state index contributed by atoms with van der Waals surface area (Å²) in [4.78, 5) is 11.8. The third kappa shape index (κ3) is 2.83. The minimum Gasteiger partial charge on any atom is -0.478 e. The fourth-order valence-corrected chi connectivity index (χ4v) is 2.64. The van der Waals surface area contributed by atoms with Crippen molar-refractivity contribution in [2.45, 2.75) is 9.79 Å². The van der Waals surface area contributed by atoms with Crippen LogP contribution in [0.25, 0.3) is 0 Å². The van der Waals surface area contributed by atoms with Crippen molar-refractivity contribution >= 4 is 29.3 Å². The van der Waals surface area contributed by atoms with E-state index in [0.717, 1.165) is 11.8 Å². The molecule has 92 valence electrons. The standard InChI is InChI=1S/C13H8ClFO2S/c14-8-5-6-9(13(16)17)12(7-8)18-11-4-2-1-3-10(11)15/h1-7H,(H,16,17). The van der Waals surface area contributed by atoms with Gasteiger partial charge in [0.1, 0.15) is 5.82 Å². The summed E-state index contributed by atoms with van der Waals surface area (Å²) < 4.78 is 13.5. The van der Waals surface area contributed by atoms with Crippen LogP contribution < -0.4 is 0 Å². The van der Waals surface area contributed by atoms with Gasteiger partial charge in [0.2, 0.25) is 0 Å². The van der Waals surface area contributed by atoms with E-state index in [0.29, 0.717) is 14.8 Å². The van der Waals surface area contributed by atoms with Crippen LogP contribution >= 0.6 is 23.4 Å². The van der Waals surface area contributed by atoms with Gasteiger partial charge in [-0.15, -0.1) is 0 Å². The summed E-state index contributed by atoms with van der Waals surface area (Å²) in [6.07, 6.45) is 0. The van der Waals surface area contributed by atoms with Crippen molar-refractivity contribution in [3.8, 4) is 0 Å². The second-order valence-electron chi connectivity index (χ2n) is 3.48. The fraction of sp³-hybridized carbons (Fsp3) is 0. The van der Waals surface area contributed by atoms with Crippen molar-refractivity contribution in [3.05, 3.63) is 58.9 Å². The van der Waals surface area contributed by atoms with Gasteiger partial charge in [0, 0.05) is 14.8 Å². The van der Waals surface area contributed by atoms with Gasteiger partial charge in [-0.05, 0) is 30.3 Å². The van der Waals surface area contributed by atoms with Crippen molar-refractivity contribution in [2.24, 2.45) is 0 Å². The molecule has 0 bridgehead atoms. The zero-order chi connectivity index (χ0) is 13.1. The molecule has 2 aromatic carbocycles. The molecule has 0 aliphatic carbocycles. The van der Waals surface area contributed by atoms with E-state index < -0.39 is 5.97 Å². The first-order valence-electron chi connectivity index (χ1n) is 5.03. The van der Waals surface area contributed by atoms with E-state index in [9.17, 15) is 9.18 Å². The Labute approximate surface area is 112 Å². The van der Waals surface area contributed by atoms with Crippen LogP contribution in [0.5, 0.6) is 0 Å². The Balaban J connectivity index is 2.42. The van der Waals surface area contributed by atoms with Gasteiger partial charge in [-0.25, -0.2) is 9.18 Å². The van der Waals surface area contributed by atoms with Crippen LogP contribution in [0.2, 0.25) is 5.02 Å². The molecule has 0 amide bonds. The Kier molecular flexibility index (Phi) is 3.89. The average Bonchev–Trinajstić information content (AvgIpc) is 2.32. The Hall–Kier alpha value is -1.52. The molecule has 0 radical (unpaired) electrons. The van der Waals surface area contributed by atoms with Crippen molar-refractivity contribution in [2.75, 3.05) is 0 Å². The lowest BCUT2D eigenvalue weighted by Gasteiger charge is -2.07. The van der Waals surface area contributed by atoms with Gasteiger partial charge in [-0.2, -0.15) is 0 Å². The number of benzene rings is 2. The zero-order valence-corrected chi connectivity index (χ0v) is 10.6. The maximum atomic E-state index is 13.5. The highest BCUT2D eigenvalue weighted by Gasteiger charge is 2.13. The highest BCUT2D eigenvalue weighted by Crippen LogP contribution is 2.33. The van der Waals surface area contributed by atoms with Crippen LogP contribution in [0, 0.1) is 5.82 Å². The van der Waals surface area contributed by atoms with Crippen LogP contribution in [0.4, 0.5) is 4.39 Å². The summed E-state index contributed by atoms with van der Waals surface area (Å²) in [5.74, 6) is -1.45. The first-order valence-corrected chi connectivity index (χ1v) is 6.22. The topological polar surface area (TPSA) is 37.3 Å². The molecule has 0 fully saturated rings. The molecule has 0 aromatic heterocycles. The average molecular weight is 283 g/mol. The summed E-state index contributed by atoms with van der Waals surface area (Å²) in [7, 11) is 0. The van der Waals surface area contributed by atoms with Crippen LogP contribution in [0.15, 0.2) is 52.3 Å². The molecular weight excluding hydrogens is 275 g/mol. The van der Waals surface area contributed by atoms with E-state index in [-0.39, 0.29) is 11.4 Å². The van der Waals surface area contributed by atoms with Crippen molar-refractivity contribution in [1.29, 1.82) is 0 Å². The lowest BCUT2D eigenvalue weighted by Crippen LogP contribution is -1.98. The molecule has 5 heteroatoms. The first kappa shape index (κ1) is 12.9. The lowest BCUT2D eigenvalue weighted by atomic mass is 10.2. The molecule has 2 aromatic rings. The maximum absolute atomic E-state index is 13.5. The number of aromatic carboxylic acids is 1. The van der Waals surface area contributed by atoms with Crippen LogP contribution in [-0.2, 0) is 0 Å². The molecule has 0 spiro atoms. The van der Waals surface area contributed by atoms with Gasteiger partial charge in [0.05, 0.1) is 5.56 Å². The van der Waals surface area contributed by atoms with Crippen LogP contribution in [-0.4, -0.2) is 11.1 Å². The van der Waals surface area contributed by atoms with Gasteiger partial charge in [0.15, 0.2) is 0 Å². The van der Waals surface area contributed by atoms with E-state index in [1.165, 1.54) is 24.3 Å². The Bertz CT molecular complexity index is 601. The highest BCUT2D eigenvalue weighted by molar-refractivity contribution is 7.99. The molecule has 18 heavy (non-hydrogen) atoms. The summed E-state index contributed by atoms with van der Waals surface area (Å²) in [5.41, 5.74) is 0.104. The summed E-state index contributed by atoms with van der Waals surface area (Å²) >= 11 is 6.87. The number of rotatable bonds is 3. The molecule has 2 rings (SSSR count). The van der Waals surface area contributed by atoms with Gasteiger partial charge in [0.25, 0.3) is 0 Å². The van der Waals surface area contributed by atoms with Crippen molar-refractivity contribution in [1.82, 2.24) is 0 Å². The molecule has 0 saturated heterocycles. The monoisotopic (exact) mass is 282 g/mol. The fourth-order valence-electron chi connectivity index (χ4n) is 1.40. The number of hydrogen-bond acceptors (Lipinski definition) is 2. The Morgan fingerprint density at radius 3 is 2.56 bits per heavy atom. The Morgan fingerprint density at radius 2 is 1.89 bits per heavy atom. The maximum Gasteiger partial charge on any atom is 0.336 e. The van der Waals surface area contributed by atoms with E-state index in [1.54, 1.807) is 18.2 Å².